The summed E-state index contributed by atoms with van der Waals surface area (Å²) in [5.41, 5.74) is -2.07. The van der Waals surface area contributed by atoms with Gasteiger partial charge in [0.2, 0.25) is 5.13 Å². The standard InChI is InChI=1S/C22H34ClFN3O8PS2/c1-13(2)34-17(29)14(3)26-36(37,32-9-10-38-19(30)21(4,5)6)33-12-15-11-22(23,24)18(35-15)27-8-7-16(28)25-20(27)31/h7-8,13-15,18H,9-12H2,1-6H3,(H,26,37)(H,25,28,31)/t14-,15+,18-,22+,36-/m1/s1. The first-order valence-electron chi connectivity index (χ1n) is 11.8. The van der Waals surface area contributed by atoms with Crippen LogP contribution in [0.25, 0.3) is 0 Å². The Morgan fingerprint density at radius 3 is 2.61 bits per heavy atom. The highest BCUT2D eigenvalue weighted by Gasteiger charge is 2.50. The van der Waals surface area contributed by atoms with E-state index >= 15 is 4.39 Å². The maximum atomic E-state index is 15.1. The second kappa shape index (κ2) is 13.5. The van der Waals surface area contributed by atoms with Gasteiger partial charge in [0.05, 0.1) is 25.4 Å². The van der Waals surface area contributed by atoms with Crippen LogP contribution in [0.1, 0.15) is 54.2 Å². The summed E-state index contributed by atoms with van der Waals surface area (Å²) in [6.07, 6.45) is -2.11. The van der Waals surface area contributed by atoms with Gasteiger partial charge >= 0.3 is 11.7 Å². The minimum Gasteiger partial charge on any atom is -0.462 e. The summed E-state index contributed by atoms with van der Waals surface area (Å²) in [5.74, 6) is -0.284. The molecule has 216 valence electrons. The molecule has 1 aliphatic rings. The third kappa shape index (κ3) is 9.81. The van der Waals surface area contributed by atoms with Gasteiger partial charge < -0.3 is 18.5 Å². The van der Waals surface area contributed by atoms with Crippen molar-refractivity contribution in [1.82, 2.24) is 14.6 Å². The van der Waals surface area contributed by atoms with E-state index in [9.17, 15) is 19.2 Å². The smallest absolute Gasteiger partial charge is 0.330 e. The zero-order valence-corrected chi connectivity index (χ0v) is 25.3. The summed E-state index contributed by atoms with van der Waals surface area (Å²) in [6.45, 7) is 6.72. The van der Waals surface area contributed by atoms with Gasteiger partial charge in [-0.2, -0.15) is 0 Å². The highest BCUT2D eigenvalue weighted by molar-refractivity contribution is 8.13. The minimum absolute atomic E-state index is 0.0264. The Hall–Kier alpha value is -1.12. The number of hydrogen-bond acceptors (Lipinski definition) is 10. The summed E-state index contributed by atoms with van der Waals surface area (Å²) in [7, 11) is 0. The Balaban J connectivity index is 2.10. The summed E-state index contributed by atoms with van der Waals surface area (Å²) in [6, 6.07) is 0.149. The largest absolute Gasteiger partial charge is 0.462 e. The Morgan fingerprint density at radius 1 is 1.37 bits per heavy atom. The molecule has 2 rings (SSSR count). The number of ether oxygens (including phenoxy) is 2. The number of thioether (sulfide) groups is 1. The quantitative estimate of drug-likeness (QED) is 0.155. The Bertz CT molecular complexity index is 1160. The number of rotatable bonds is 12. The van der Waals surface area contributed by atoms with Crippen LogP contribution in [0.2, 0.25) is 0 Å². The van der Waals surface area contributed by atoms with Crippen molar-refractivity contribution in [1.29, 1.82) is 0 Å². The van der Waals surface area contributed by atoms with Crippen LogP contribution in [0, 0.1) is 5.41 Å². The molecular formula is C22H34ClFN3O8PS2. The van der Waals surface area contributed by atoms with Crippen LogP contribution in [-0.4, -0.2) is 63.0 Å². The number of nitrogens with zero attached hydrogens (tertiary/aromatic N) is 1. The van der Waals surface area contributed by atoms with Crippen LogP contribution in [-0.2, 0) is 39.9 Å². The molecule has 0 unspecified atom stereocenters. The van der Waals surface area contributed by atoms with Crippen molar-refractivity contribution in [3.8, 4) is 0 Å². The number of H-pyrrole nitrogens is 1. The summed E-state index contributed by atoms with van der Waals surface area (Å²) in [4.78, 5) is 50.0. The normalized spacial score (nSPS) is 24.2. The Labute approximate surface area is 234 Å². The predicted molar refractivity (Wildman–Crippen MR) is 146 cm³/mol. The highest BCUT2D eigenvalue weighted by atomic mass is 35.5. The molecule has 1 fully saturated rings. The topological polar surface area (TPSA) is 138 Å². The zero-order valence-electron chi connectivity index (χ0n) is 22.0. The third-order valence-corrected chi connectivity index (χ3v) is 9.21. The number of nitrogens with one attached hydrogen (secondary N) is 2. The van der Waals surface area contributed by atoms with Crippen molar-refractivity contribution in [2.45, 2.75) is 77.6 Å². The van der Waals surface area contributed by atoms with Gasteiger partial charge in [-0.15, -0.1) is 0 Å². The van der Waals surface area contributed by atoms with Crippen LogP contribution in [0.3, 0.4) is 0 Å². The number of hydrogen-bond donors (Lipinski definition) is 2. The van der Waals surface area contributed by atoms with Gasteiger partial charge in [-0.3, -0.25) is 23.9 Å². The number of aromatic nitrogens is 2. The third-order valence-electron chi connectivity index (χ3n) is 4.96. The number of aromatic amines is 1. The molecule has 2 heterocycles. The van der Waals surface area contributed by atoms with Crippen molar-refractivity contribution in [2.24, 2.45) is 5.41 Å². The molecule has 1 saturated heterocycles. The van der Waals surface area contributed by atoms with E-state index in [0.717, 1.165) is 28.6 Å². The average Bonchev–Trinajstić information content (AvgIpc) is 3.08. The minimum atomic E-state index is -3.38. The van der Waals surface area contributed by atoms with E-state index in [1.165, 1.54) is 6.92 Å². The van der Waals surface area contributed by atoms with Crippen molar-refractivity contribution < 1.29 is 32.5 Å². The Morgan fingerprint density at radius 2 is 2.03 bits per heavy atom. The first-order valence-corrected chi connectivity index (χ1v) is 15.8. The van der Waals surface area contributed by atoms with Crippen LogP contribution >= 0.6 is 30.0 Å². The van der Waals surface area contributed by atoms with Gasteiger partial charge in [0.15, 0.2) is 11.3 Å². The molecule has 0 amide bonds. The predicted octanol–water partition coefficient (Wildman–Crippen LogP) is 3.22. The van der Waals surface area contributed by atoms with Crippen molar-refractivity contribution in [3.63, 3.8) is 0 Å². The molecule has 11 nitrogen and oxygen atoms in total. The SMILES string of the molecule is CC(C)OC(=O)[C@@H](C)N[P@@](=S)(OCCSC(=O)C(C)(C)C)OC[C@@H]1C[C@@](F)(Cl)[C@H](n2ccc(=O)[nH]c2=O)O1. The molecule has 0 spiro atoms. The molecule has 0 bridgehead atoms. The number of halogens is 2. The van der Waals surface area contributed by atoms with Gasteiger partial charge in [0, 0.05) is 29.9 Å². The average molecular weight is 618 g/mol. The van der Waals surface area contributed by atoms with Gasteiger partial charge in [-0.25, -0.2) is 14.3 Å². The van der Waals surface area contributed by atoms with Gasteiger partial charge in [0.1, 0.15) is 6.04 Å². The molecule has 1 aromatic heterocycles. The zero-order chi connectivity index (χ0) is 28.9. The lowest BCUT2D eigenvalue weighted by Crippen LogP contribution is -2.37. The molecule has 5 atom stereocenters. The number of alkyl halides is 2. The fourth-order valence-electron chi connectivity index (χ4n) is 3.14. The fourth-order valence-corrected chi connectivity index (χ4v) is 6.75. The summed E-state index contributed by atoms with van der Waals surface area (Å²) < 4.78 is 38.5. The van der Waals surface area contributed by atoms with Gasteiger partial charge in [-0.05, 0) is 32.6 Å². The molecule has 0 aliphatic carbocycles. The van der Waals surface area contributed by atoms with Crippen molar-refractivity contribution in [3.05, 3.63) is 33.1 Å². The summed E-state index contributed by atoms with van der Waals surface area (Å²) in [5, 5.41) is 0.348. The number of carbonyl (C=O) groups is 2. The first-order chi connectivity index (χ1) is 17.4. The molecule has 0 radical (unpaired) electrons. The maximum absolute atomic E-state index is 15.1. The monoisotopic (exact) mass is 617 g/mol. The molecule has 38 heavy (non-hydrogen) atoms. The van der Waals surface area contributed by atoms with E-state index in [2.05, 4.69) is 5.09 Å². The lowest BCUT2D eigenvalue weighted by molar-refractivity contribution is -0.149. The van der Waals surface area contributed by atoms with Crippen molar-refractivity contribution in [2.75, 3.05) is 19.0 Å². The lowest BCUT2D eigenvalue weighted by atomic mass is 10.00. The molecule has 16 heteroatoms. The van der Waals surface area contributed by atoms with Gasteiger partial charge in [-0.1, -0.05) is 44.1 Å². The Kier molecular flexibility index (Phi) is 11.7. The van der Waals surface area contributed by atoms with E-state index in [-0.39, 0.29) is 36.6 Å². The van der Waals surface area contributed by atoms with Crippen LogP contribution in [0.4, 0.5) is 4.39 Å². The van der Waals surface area contributed by atoms with E-state index < -0.39 is 52.8 Å². The molecule has 0 aromatic carbocycles. The van der Waals surface area contributed by atoms with E-state index in [1.54, 1.807) is 34.6 Å². The maximum Gasteiger partial charge on any atom is 0.330 e. The van der Waals surface area contributed by atoms with Gasteiger partial charge in [0.25, 0.3) is 12.2 Å². The fraction of sp³-hybridized carbons (Fsp3) is 0.727. The van der Waals surface area contributed by atoms with Crippen molar-refractivity contribution >= 4 is 52.9 Å². The first kappa shape index (κ1) is 33.1. The summed E-state index contributed by atoms with van der Waals surface area (Å²) >= 11 is 12.7. The highest BCUT2D eigenvalue weighted by Crippen LogP contribution is 2.48. The van der Waals surface area contributed by atoms with E-state index in [1.807, 2.05) is 4.98 Å². The molecular weight excluding hydrogens is 584 g/mol. The lowest BCUT2D eigenvalue weighted by Gasteiger charge is -2.27. The van der Waals surface area contributed by atoms with Crippen LogP contribution in [0.15, 0.2) is 21.9 Å². The van der Waals surface area contributed by atoms with Crippen LogP contribution in [0.5, 0.6) is 0 Å². The molecule has 1 aromatic rings. The molecule has 0 saturated carbocycles. The number of carbonyl (C=O) groups excluding carboxylic acids is 2. The van der Waals surface area contributed by atoms with E-state index in [0.29, 0.717) is 0 Å². The van der Waals surface area contributed by atoms with E-state index in [4.69, 9.17) is 41.9 Å². The second-order valence-electron chi connectivity index (χ2n) is 9.94. The second-order valence-corrected chi connectivity index (χ2v) is 14.8. The number of esters is 1. The van der Waals surface area contributed by atoms with Crippen LogP contribution < -0.4 is 16.3 Å². The molecule has 2 N–H and O–H groups in total. The molecule has 1 aliphatic heterocycles.